The summed E-state index contributed by atoms with van der Waals surface area (Å²) in [6.45, 7) is 0. The van der Waals surface area contributed by atoms with E-state index >= 15 is 0 Å². The van der Waals surface area contributed by atoms with E-state index in [-0.39, 0.29) is 6.10 Å². The molecule has 1 atom stereocenters. The Balaban J connectivity index is 1.49. The van der Waals surface area contributed by atoms with Crippen molar-refractivity contribution in [2.24, 2.45) is 5.92 Å². The Hall–Kier alpha value is -0.820. The van der Waals surface area contributed by atoms with Crippen molar-refractivity contribution in [1.29, 1.82) is 0 Å². The van der Waals surface area contributed by atoms with Gasteiger partial charge in [-0.15, -0.1) is 0 Å². The molecule has 0 heterocycles. The van der Waals surface area contributed by atoms with Crippen LogP contribution in [0.15, 0.2) is 24.3 Å². The lowest BCUT2D eigenvalue weighted by molar-refractivity contribution is 0.151. The predicted molar refractivity (Wildman–Crippen MR) is 83.8 cm³/mol. The number of rotatable bonds is 5. The zero-order valence-corrected chi connectivity index (χ0v) is 12.6. The minimum atomic E-state index is -0.257. The normalized spacial score (nSPS) is 22.4. The van der Waals surface area contributed by atoms with Crippen molar-refractivity contribution in [2.45, 2.75) is 76.2 Å². The molecule has 1 unspecified atom stereocenters. The Bertz CT molecular complexity index is 398. The van der Waals surface area contributed by atoms with Crippen LogP contribution >= 0.6 is 0 Å². The highest BCUT2D eigenvalue weighted by atomic mass is 16.3. The monoisotopic (exact) mass is 272 g/mol. The van der Waals surface area contributed by atoms with Crippen LogP contribution < -0.4 is 0 Å². The number of benzene rings is 1. The van der Waals surface area contributed by atoms with Gasteiger partial charge in [-0.3, -0.25) is 0 Å². The van der Waals surface area contributed by atoms with Gasteiger partial charge in [-0.1, -0.05) is 62.8 Å². The summed E-state index contributed by atoms with van der Waals surface area (Å²) in [5.41, 5.74) is 2.59. The van der Waals surface area contributed by atoms with Crippen LogP contribution in [0, 0.1) is 5.92 Å². The van der Waals surface area contributed by atoms with Crippen molar-refractivity contribution in [3.63, 3.8) is 0 Å². The molecule has 110 valence electrons. The summed E-state index contributed by atoms with van der Waals surface area (Å²) in [6, 6.07) is 8.78. The third-order valence-corrected chi connectivity index (χ3v) is 5.47. The van der Waals surface area contributed by atoms with Gasteiger partial charge < -0.3 is 5.11 Å². The van der Waals surface area contributed by atoms with Gasteiger partial charge in [-0.2, -0.15) is 0 Å². The molecule has 0 aromatic heterocycles. The fourth-order valence-electron chi connectivity index (χ4n) is 3.77. The Morgan fingerprint density at radius 1 is 0.900 bits per heavy atom. The van der Waals surface area contributed by atoms with Gasteiger partial charge in [0.25, 0.3) is 0 Å². The molecule has 0 amide bonds. The van der Waals surface area contributed by atoms with Crippen LogP contribution in [0.2, 0.25) is 0 Å². The van der Waals surface area contributed by atoms with Crippen molar-refractivity contribution in [3.8, 4) is 0 Å². The third-order valence-electron chi connectivity index (χ3n) is 5.47. The predicted octanol–water partition coefficient (Wildman–Crippen LogP) is 5.35. The van der Waals surface area contributed by atoms with Crippen LogP contribution in [-0.4, -0.2) is 5.11 Å². The molecular formula is C19H28O. The van der Waals surface area contributed by atoms with E-state index in [4.69, 9.17) is 0 Å². The van der Waals surface area contributed by atoms with Gasteiger partial charge in [0, 0.05) is 0 Å². The van der Waals surface area contributed by atoms with E-state index in [1.165, 1.54) is 63.4 Å². The lowest BCUT2D eigenvalue weighted by Crippen LogP contribution is -2.10. The molecule has 2 aliphatic rings. The molecular weight excluding hydrogens is 244 g/mol. The molecule has 0 spiro atoms. The van der Waals surface area contributed by atoms with Gasteiger partial charge in [-0.25, -0.2) is 0 Å². The van der Waals surface area contributed by atoms with Gasteiger partial charge >= 0.3 is 0 Å². The van der Waals surface area contributed by atoms with Gasteiger partial charge in [0.15, 0.2) is 0 Å². The Morgan fingerprint density at radius 3 is 2.20 bits per heavy atom. The zero-order chi connectivity index (χ0) is 13.8. The quantitative estimate of drug-likeness (QED) is 0.766. The van der Waals surface area contributed by atoms with E-state index in [2.05, 4.69) is 24.3 Å². The van der Waals surface area contributed by atoms with Crippen LogP contribution in [0.25, 0.3) is 0 Å². The van der Waals surface area contributed by atoms with Crippen LogP contribution in [0.1, 0.15) is 87.4 Å². The van der Waals surface area contributed by atoms with E-state index in [9.17, 15) is 5.11 Å². The fraction of sp³-hybridized carbons (Fsp3) is 0.684. The minimum absolute atomic E-state index is 0.257. The van der Waals surface area contributed by atoms with E-state index in [1.54, 1.807) is 0 Å². The molecule has 0 bridgehead atoms. The second-order valence-electron chi connectivity index (χ2n) is 6.89. The first-order valence-electron chi connectivity index (χ1n) is 8.61. The molecule has 3 rings (SSSR count). The molecule has 1 nitrogen and oxygen atoms in total. The smallest absolute Gasteiger partial charge is 0.0790 e. The van der Waals surface area contributed by atoms with E-state index in [0.29, 0.717) is 0 Å². The first-order valence-corrected chi connectivity index (χ1v) is 8.61. The van der Waals surface area contributed by atoms with Crippen molar-refractivity contribution in [3.05, 3.63) is 35.4 Å². The molecule has 0 radical (unpaired) electrons. The third kappa shape index (κ3) is 3.44. The maximum Gasteiger partial charge on any atom is 0.0790 e. The molecule has 1 heteroatoms. The summed E-state index contributed by atoms with van der Waals surface area (Å²) >= 11 is 0. The summed E-state index contributed by atoms with van der Waals surface area (Å²) in [7, 11) is 0. The highest BCUT2D eigenvalue weighted by Gasteiger charge is 2.20. The fourth-order valence-corrected chi connectivity index (χ4v) is 3.77. The summed E-state index contributed by atoms with van der Waals surface area (Å²) in [5, 5.41) is 10.4. The summed E-state index contributed by atoms with van der Waals surface area (Å²) in [4.78, 5) is 0. The van der Waals surface area contributed by atoms with Crippen molar-refractivity contribution in [2.75, 3.05) is 0 Å². The number of hydrogen-bond donors (Lipinski definition) is 1. The Labute approximate surface area is 123 Å². The topological polar surface area (TPSA) is 20.2 Å². The maximum atomic E-state index is 10.4. The van der Waals surface area contributed by atoms with Gasteiger partial charge in [0.1, 0.15) is 0 Å². The molecule has 1 N–H and O–H groups in total. The molecule has 2 fully saturated rings. The average Bonchev–Trinajstić information content (AvgIpc) is 2.45. The van der Waals surface area contributed by atoms with Gasteiger partial charge in [-0.05, 0) is 48.6 Å². The van der Waals surface area contributed by atoms with Crippen LogP contribution in [0.5, 0.6) is 0 Å². The molecule has 2 aliphatic carbocycles. The molecule has 20 heavy (non-hydrogen) atoms. The molecule has 1 aromatic rings. The molecule has 2 saturated carbocycles. The molecule has 1 aromatic carbocycles. The van der Waals surface area contributed by atoms with E-state index < -0.39 is 0 Å². The number of aliphatic hydroxyl groups excluding tert-OH is 1. The second kappa shape index (κ2) is 6.76. The Morgan fingerprint density at radius 2 is 1.60 bits per heavy atom. The Kier molecular flexibility index (Phi) is 4.77. The summed E-state index contributed by atoms with van der Waals surface area (Å²) in [5.74, 6) is 1.66. The SMILES string of the molecule is OC(CCC1CCCCC1)c1ccc(C2CCC2)cc1. The lowest BCUT2D eigenvalue weighted by atomic mass is 9.79. The zero-order valence-electron chi connectivity index (χ0n) is 12.6. The molecule has 0 aliphatic heterocycles. The standard InChI is InChI=1S/C19H28O/c20-19(14-9-15-5-2-1-3-6-15)18-12-10-17(11-13-18)16-7-4-8-16/h10-13,15-16,19-20H,1-9,14H2. The highest BCUT2D eigenvalue weighted by Crippen LogP contribution is 2.37. The molecule has 0 saturated heterocycles. The van der Waals surface area contributed by atoms with Crippen molar-refractivity contribution >= 4 is 0 Å². The largest absolute Gasteiger partial charge is 0.388 e. The van der Waals surface area contributed by atoms with E-state index in [1.807, 2.05) is 0 Å². The first kappa shape index (κ1) is 14.1. The van der Waals surface area contributed by atoms with Gasteiger partial charge in [0.05, 0.1) is 6.10 Å². The first-order chi connectivity index (χ1) is 9.83. The lowest BCUT2D eigenvalue weighted by Gasteiger charge is -2.26. The van der Waals surface area contributed by atoms with Crippen LogP contribution in [0.3, 0.4) is 0 Å². The maximum absolute atomic E-state index is 10.4. The minimum Gasteiger partial charge on any atom is -0.388 e. The van der Waals surface area contributed by atoms with Crippen molar-refractivity contribution in [1.82, 2.24) is 0 Å². The second-order valence-corrected chi connectivity index (χ2v) is 6.89. The average molecular weight is 272 g/mol. The van der Waals surface area contributed by atoms with Gasteiger partial charge in [0.2, 0.25) is 0 Å². The van der Waals surface area contributed by atoms with Crippen LogP contribution in [0.4, 0.5) is 0 Å². The number of aliphatic hydroxyl groups is 1. The summed E-state index contributed by atoms with van der Waals surface area (Å²) in [6.07, 6.45) is 12.9. The number of hydrogen-bond acceptors (Lipinski definition) is 1. The van der Waals surface area contributed by atoms with E-state index in [0.717, 1.165) is 23.8 Å². The van der Waals surface area contributed by atoms with Crippen LogP contribution in [-0.2, 0) is 0 Å². The van der Waals surface area contributed by atoms with Crippen molar-refractivity contribution < 1.29 is 5.11 Å². The highest BCUT2D eigenvalue weighted by molar-refractivity contribution is 5.27. The summed E-state index contributed by atoms with van der Waals surface area (Å²) < 4.78 is 0.